The Labute approximate surface area is 151 Å². The Balaban J connectivity index is 0.00000312. The fourth-order valence-corrected chi connectivity index (χ4v) is 2.64. The molecule has 1 saturated heterocycles. The van der Waals surface area contributed by atoms with Crippen molar-refractivity contribution < 1.29 is 23.5 Å². The predicted octanol–water partition coefficient (Wildman–Crippen LogP) is 0.528. The number of hydrogen-bond donors (Lipinski definition) is 2. The van der Waals surface area contributed by atoms with Crippen molar-refractivity contribution in [3.8, 4) is 0 Å². The molecule has 2 rings (SSSR count). The number of carbonyl (C=O) groups excluding carboxylic acids is 2. The van der Waals surface area contributed by atoms with Crippen LogP contribution in [-0.2, 0) is 16.1 Å². The molecule has 2 amide bonds. The number of halogens is 3. The molecule has 1 aliphatic rings. The first kappa shape index (κ1) is 21.3. The van der Waals surface area contributed by atoms with Crippen molar-refractivity contribution in [1.82, 2.24) is 15.1 Å². The normalized spacial score (nSPS) is 17.2. The molecule has 0 spiro atoms. The van der Waals surface area contributed by atoms with Crippen LogP contribution in [0, 0.1) is 11.6 Å². The summed E-state index contributed by atoms with van der Waals surface area (Å²) in [5, 5.41) is 11.8. The second kappa shape index (κ2) is 9.65. The van der Waals surface area contributed by atoms with Crippen LogP contribution in [0.4, 0.5) is 8.78 Å². The largest absolute Gasteiger partial charge is 0.395 e. The van der Waals surface area contributed by atoms with Crippen molar-refractivity contribution in [3.05, 3.63) is 35.4 Å². The number of hydrogen-bond acceptors (Lipinski definition) is 4. The highest BCUT2D eigenvalue weighted by Crippen LogP contribution is 2.14. The summed E-state index contributed by atoms with van der Waals surface area (Å²) in [5.41, 5.74) is 0.366. The minimum absolute atomic E-state index is 0. The fourth-order valence-electron chi connectivity index (χ4n) is 2.64. The predicted molar refractivity (Wildman–Crippen MR) is 90.2 cm³/mol. The highest BCUT2D eigenvalue weighted by atomic mass is 35.5. The lowest BCUT2D eigenvalue weighted by atomic mass is 10.1. The minimum Gasteiger partial charge on any atom is -0.395 e. The third-order valence-electron chi connectivity index (χ3n) is 3.92. The Bertz CT molecular complexity index is 598. The van der Waals surface area contributed by atoms with E-state index < -0.39 is 17.7 Å². The van der Waals surface area contributed by atoms with Gasteiger partial charge >= 0.3 is 0 Å². The lowest BCUT2D eigenvalue weighted by Crippen LogP contribution is -2.56. The Hall–Kier alpha value is -1.77. The van der Waals surface area contributed by atoms with Crippen LogP contribution in [-0.4, -0.2) is 66.1 Å². The van der Waals surface area contributed by atoms with Gasteiger partial charge in [-0.05, 0) is 17.7 Å². The summed E-state index contributed by atoms with van der Waals surface area (Å²) in [7, 11) is 1.55. The van der Waals surface area contributed by atoms with Crippen molar-refractivity contribution in [1.29, 1.82) is 0 Å². The van der Waals surface area contributed by atoms with E-state index in [1.54, 1.807) is 7.05 Å². The molecule has 2 N–H and O–H groups in total. The number of benzene rings is 1. The first-order valence-electron chi connectivity index (χ1n) is 7.72. The average Bonchev–Trinajstić information content (AvgIpc) is 2.50. The molecular weight excluding hydrogens is 356 g/mol. The maximum atomic E-state index is 13.3. The molecule has 1 heterocycles. The first-order chi connectivity index (χ1) is 11.4. The summed E-state index contributed by atoms with van der Waals surface area (Å²) in [5.74, 6) is -1.92. The Morgan fingerprint density at radius 3 is 2.60 bits per heavy atom. The van der Waals surface area contributed by atoms with Crippen LogP contribution < -0.4 is 5.32 Å². The number of nitrogens with one attached hydrogen (secondary N) is 1. The van der Waals surface area contributed by atoms with E-state index in [4.69, 9.17) is 5.11 Å². The molecule has 140 valence electrons. The number of amides is 2. The number of likely N-dealkylation sites (N-methyl/N-ethyl adjacent to an activating group) is 1. The highest BCUT2D eigenvalue weighted by molar-refractivity contribution is 5.88. The number of carbonyl (C=O) groups is 2. The zero-order chi connectivity index (χ0) is 17.7. The van der Waals surface area contributed by atoms with Crippen LogP contribution in [0.3, 0.4) is 0 Å². The molecule has 0 saturated carbocycles. The van der Waals surface area contributed by atoms with Crippen molar-refractivity contribution in [2.24, 2.45) is 0 Å². The van der Waals surface area contributed by atoms with E-state index in [1.807, 2.05) is 0 Å². The van der Waals surface area contributed by atoms with Crippen LogP contribution >= 0.6 is 12.4 Å². The van der Waals surface area contributed by atoms with Gasteiger partial charge in [-0.2, -0.15) is 0 Å². The van der Waals surface area contributed by atoms with Gasteiger partial charge in [0, 0.05) is 39.3 Å². The molecule has 0 aliphatic carbocycles. The molecule has 0 aromatic heterocycles. The van der Waals surface area contributed by atoms with E-state index in [9.17, 15) is 18.4 Å². The Morgan fingerprint density at radius 2 is 2.00 bits per heavy atom. The van der Waals surface area contributed by atoms with E-state index in [0.29, 0.717) is 18.7 Å². The molecule has 1 aromatic rings. The van der Waals surface area contributed by atoms with Gasteiger partial charge in [-0.1, -0.05) is 0 Å². The van der Waals surface area contributed by atoms with Crippen molar-refractivity contribution >= 4 is 24.2 Å². The van der Waals surface area contributed by atoms with Crippen LogP contribution in [0.25, 0.3) is 0 Å². The molecule has 9 heteroatoms. The van der Waals surface area contributed by atoms with E-state index >= 15 is 0 Å². The smallest absolute Gasteiger partial charge is 0.240 e. The number of rotatable bonds is 6. The topological polar surface area (TPSA) is 72.9 Å². The molecule has 0 radical (unpaired) electrons. The van der Waals surface area contributed by atoms with Crippen molar-refractivity contribution in [2.75, 3.05) is 33.3 Å². The maximum absolute atomic E-state index is 13.3. The van der Waals surface area contributed by atoms with Gasteiger partial charge in [-0.25, -0.2) is 8.78 Å². The van der Waals surface area contributed by atoms with Gasteiger partial charge in [0.2, 0.25) is 11.8 Å². The summed E-state index contributed by atoms with van der Waals surface area (Å²) in [6.45, 7) is 1.03. The molecule has 1 aromatic carbocycles. The van der Waals surface area contributed by atoms with Crippen molar-refractivity contribution in [3.63, 3.8) is 0 Å². The maximum Gasteiger partial charge on any atom is 0.240 e. The molecule has 25 heavy (non-hydrogen) atoms. The molecule has 6 nitrogen and oxygen atoms in total. The highest BCUT2D eigenvalue weighted by Gasteiger charge is 2.30. The average molecular weight is 378 g/mol. The van der Waals surface area contributed by atoms with E-state index in [2.05, 4.69) is 5.32 Å². The molecule has 0 bridgehead atoms. The summed E-state index contributed by atoms with van der Waals surface area (Å²) in [4.78, 5) is 27.3. The molecular formula is C16H22ClF2N3O3. The quantitative estimate of drug-likeness (QED) is 0.758. The van der Waals surface area contributed by atoms with E-state index in [0.717, 1.165) is 6.07 Å². The van der Waals surface area contributed by atoms with Gasteiger partial charge in [0.15, 0.2) is 0 Å². The first-order valence-corrected chi connectivity index (χ1v) is 7.72. The zero-order valence-corrected chi connectivity index (χ0v) is 14.7. The summed E-state index contributed by atoms with van der Waals surface area (Å²) < 4.78 is 26.5. The van der Waals surface area contributed by atoms with E-state index in [-0.39, 0.29) is 50.3 Å². The van der Waals surface area contributed by atoms with Crippen LogP contribution in [0.1, 0.15) is 12.0 Å². The van der Waals surface area contributed by atoms with Crippen molar-refractivity contribution in [2.45, 2.75) is 19.0 Å². The van der Waals surface area contributed by atoms with Gasteiger partial charge < -0.3 is 20.2 Å². The third-order valence-corrected chi connectivity index (χ3v) is 3.92. The lowest BCUT2D eigenvalue weighted by Gasteiger charge is -2.33. The monoisotopic (exact) mass is 377 g/mol. The lowest BCUT2D eigenvalue weighted by molar-refractivity contribution is -0.141. The van der Waals surface area contributed by atoms with Gasteiger partial charge in [0.05, 0.1) is 19.1 Å². The van der Waals surface area contributed by atoms with Crippen LogP contribution in [0.2, 0.25) is 0 Å². The van der Waals surface area contributed by atoms with Crippen LogP contribution in [0.5, 0.6) is 0 Å². The molecule has 1 atom stereocenters. The van der Waals surface area contributed by atoms with E-state index in [1.165, 1.54) is 21.9 Å². The number of piperazine rings is 1. The summed E-state index contributed by atoms with van der Waals surface area (Å²) in [6, 6.07) is 2.48. The van der Waals surface area contributed by atoms with Gasteiger partial charge in [-0.15, -0.1) is 12.4 Å². The fraction of sp³-hybridized carbons (Fsp3) is 0.500. The van der Waals surface area contributed by atoms with Crippen LogP contribution in [0.15, 0.2) is 18.2 Å². The second-order valence-electron chi connectivity index (χ2n) is 5.79. The minimum atomic E-state index is -0.690. The number of aliphatic hydroxyl groups excluding tert-OH is 1. The second-order valence-corrected chi connectivity index (χ2v) is 5.79. The standard InChI is InChI=1S/C16H21F2N3O3.ClH/c1-20(4-5-22)15(23)9-14-16(24)21(3-2-19-14)10-11-6-12(17)8-13(18)7-11;/h6-8,14,19,22H,2-5,9-10H2,1H3;1H. The number of nitrogens with zero attached hydrogens (tertiary/aromatic N) is 2. The zero-order valence-electron chi connectivity index (χ0n) is 13.9. The number of aliphatic hydroxyl groups is 1. The molecule has 1 aliphatic heterocycles. The Kier molecular flexibility index (Phi) is 8.21. The van der Waals surface area contributed by atoms with Gasteiger partial charge in [0.1, 0.15) is 11.6 Å². The molecule has 1 unspecified atom stereocenters. The molecule has 1 fully saturated rings. The Morgan fingerprint density at radius 1 is 1.36 bits per heavy atom. The van der Waals surface area contributed by atoms with Gasteiger partial charge in [0.25, 0.3) is 0 Å². The van der Waals surface area contributed by atoms with Gasteiger partial charge in [-0.3, -0.25) is 9.59 Å². The summed E-state index contributed by atoms with van der Waals surface area (Å²) in [6.07, 6.45) is -0.0245. The third kappa shape index (κ3) is 5.91. The summed E-state index contributed by atoms with van der Waals surface area (Å²) >= 11 is 0. The SMILES string of the molecule is CN(CCO)C(=O)CC1NCCN(Cc2cc(F)cc(F)c2)C1=O.Cl.